The van der Waals surface area contributed by atoms with Gasteiger partial charge in [-0.25, -0.2) is 0 Å². The number of amides is 1. The third-order valence-electron chi connectivity index (χ3n) is 9.48. The van der Waals surface area contributed by atoms with Gasteiger partial charge in [0.2, 0.25) is 0 Å². The lowest BCUT2D eigenvalue weighted by atomic mass is 9.47. The van der Waals surface area contributed by atoms with E-state index in [1.165, 1.54) is 25.7 Å². The number of carbonyl (C=O) groups excluding carboxylic acids is 2. The quantitative estimate of drug-likeness (QED) is 0.693. The summed E-state index contributed by atoms with van der Waals surface area (Å²) >= 11 is 0. The van der Waals surface area contributed by atoms with Crippen molar-refractivity contribution in [2.75, 3.05) is 6.61 Å². The molecule has 0 aliphatic heterocycles. The zero-order valence-electron chi connectivity index (χ0n) is 17.5. The van der Waals surface area contributed by atoms with Gasteiger partial charge in [-0.3, -0.25) is 9.59 Å². The number of rotatable bonds is 5. The van der Waals surface area contributed by atoms with Crippen molar-refractivity contribution in [2.24, 2.45) is 35.0 Å². The van der Waals surface area contributed by atoms with Gasteiger partial charge in [0.15, 0.2) is 6.61 Å². The van der Waals surface area contributed by atoms with Crippen molar-refractivity contribution in [2.45, 2.75) is 94.6 Å². The Morgan fingerprint density at radius 3 is 1.93 bits per heavy atom. The molecule has 0 saturated heterocycles. The van der Waals surface area contributed by atoms with E-state index >= 15 is 0 Å². The number of hydrogen-bond acceptors (Lipinski definition) is 4. The molecule has 8 aliphatic carbocycles. The largest absolute Gasteiger partial charge is 0.456 e. The number of aliphatic hydroxyl groups is 1. The van der Waals surface area contributed by atoms with Gasteiger partial charge in [0.1, 0.15) is 0 Å². The van der Waals surface area contributed by atoms with Gasteiger partial charge < -0.3 is 15.2 Å². The number of hydrogen-bond donors (Lipinski definition) is 2. The summed E-state index contributed by atoms with van der Waals surface area (Å²) in [6, 6.07) is 0. The summed E-state index contributed by atoms with van der Waals surface area (Å²) in [7, 11) is 0. The van der Waals surface area contributed by atoms with Crippen LogP contribution < -0.4 is 5.32 Å². The molecule has 8 bridgehead atoms. The highest BCUT2D eigenvalue weighted by molar-refractivity contribution is 5.81. The van der Waals surface area contributed by atoms with Crippen LogP contribution in [0.1, 0.15) is 83.5 Å². The average Bonchev–Trinajstić information content (AvgIpc) is 2.55. The van der Waals surface area contributed by atoms with Crippen LogP contribution in [-0.4, -0.2) is 34.7 Å². The van der Waals surface area contributed by atoms with Crippen LogP contribution >= 0.6 is 0 Å². The Hall–Kier alpha value is -1.10. The van der Waals surface area contributed by atoms with Crippen LogP contribution in [0.15, 0.2) is 0 Å². The highest BCUT2D eigenvalue weighted by Gasteiger charge is 2.57. The second kappa shape index (κ2) is 6.21. The fourth-order valence-corrected chi connectivity index (χ4v) is 9.71. The molecule has 8 aliphatic rings. The van der Waals surface area contributed by atoms with Crippen LogP contribution in [0, 0.1) is 35.0 Å². The molecule has 2 N–H and O–H groups in total. The molecule has 0 heterocycles. The van der Waals surface area contributed by atoms with E-state index in [0.29, 0.717) is 18.3 Å². The van der Waals surface area contributed by atoms with E-state index in [4.69, 9.17) is 4.74 Å². The molecule has 5 heteroatoms. The molecule has 29 heavy (non-hydrogen) atoms. The summed E-state index contributed by atoms with van der Waals surface area (Å²) in [6.07, 6.45) is 13.6. The second-order valence-electron chi connectivity index (χ2n) is 12.3. The van der Waals surface area contributed by atoms with Crippen LogP contribution in [-0.2, 0) is 14.3 Å². The minimum atomic E-state index is -0.555. The smallest absolute Gasteiger partial charge is 0.306 e. The van der Waals surface area contributed by atoms with E-state index in [9.17, 15) is 14.7 Å². The van der Waals surface area contributed by atoms with Crippen molar-refractivity contribution in [3.8, 4) is 0 Å². The van der Waals surface area contributed by atoms with Gasteiger partial charge in [-0.15, -0.1) is 0 Å². The van der Waals surface area contributed by atoms with E-state index in [-0.39, 0.29) is 29.4 Å². The van der Waals surface area contributed by atoms with Crippen LogP contribution in [0.25, 0.3) is 0 Å². The molecule has 0 radical (unpaired) electrons. The molecular formula is C24H35NO4. The SMILES string of the molecule is O=C(COC(=O)CC12C[C@@H]3C[C@@H](CC(O)(C3)C1)C2)NC12CC3CC(CC(C3)C1)C2. The first-order valence-corrected chi connectivity index (χ1v) is 12.0. The van der Waals surface area contributed by atoms with Gasteiger partial charge in [-0.05, 0) is 112 Å². The molecule has 0 spiro atoms. The Balaban J connectivity index is 1.03. The van der Waals surface area contributed by atoms with Crippen molar-refractivity contribution in [3.05, 3.63) is 0 Å². The number of ether oxygens (including phenoxy) is 1. The lowest BCUT2D eigenvalue weighted by molar-refractivity contribution is -0.177. The van der Waals surface area contributed by atoms with Crippen molar-refractivity contribution < 1.29 is 19.4 Å². The molecule has 1 amide bonds. The molecule has 0 aromatic rings. The Bertz CT molecular complexity index is 681. The summed E-state index contributed by atoms with van der Waals surface area (Å²) in [5.74, 6) is 3.10. The van der Waals surface area contributed by atoms with E-state index in [1.807, 2.05) is 0 Å². The van der Waals surface area contributed by atoms with Gasteiger partial charge in [0, 0.05) is 5.54 Å². The highest BCUT2D eigenvalue weighted by atomic mass is 16.5. The summed E-state index contributed by atoms with van der Waals surface area (Å²) in [5, 5.41) is 14.2. The standard InChI is InChI=1S/C24H35NO4/c26-20(25-23-7-15-1-16(8-23)3-17(2-15)9-23)13-29-21(27)12-22-5-18-4-19(6-22)11-24(28,10-18)14-22/h15-19,28H,1-14H2,(H,25,26)/t15?,16?,17?,18-,19+,22?,23?,24?. The molecule has 5 nitrogen and oxygen atoms in total. The van der Waals surface area contributed by atoms with Crippen molar-refractivity contribution >= 4 is 11.9 Å². The number of nitrogens with one attached hydrogen (secondary N) is 1. The van der Waals surface area contributed by atoms with E-state index in [0.717, 1.165) is 69.1 Å². The number of esters is 1. The van der Waals surface area contributed by atoms with Crippen molar-refractivity contribution in [1.82, 2.24) is 5.32 Å². The van der Waals surface area contributed by atoms with Crippen LogP contribution in [0.3, 0.4) is 0 Å². The minimum absolute atomic E-state index is 0.0264. The molecule has 0 aromatic carbocycles. The third kappa shape index (κ3) is 3.32. The minimum Gasteiger partial charge on any atom is -0.456 e. The zero-order chi connectivity index (χ0) is 19.9. The van der Waals surface area contributed by atoms with Crippen molar-refractivity contribution in [1.29, 1.82) is 0 Å². The first kappa shape index (κ1) is 18.7. The van der Waals surface area contributed by atoms with Crippen LogP contribution in [0.5, 0.6) is 0 Å². The molecule has 160 valence electrons. The highest BCUT2D eigenvalue weighted by Crippen LogP contribution is 2.63. The van der Waals surface area contributed by atoms with Gasteiger partial charge in [0.25, 0.3) is 5.91 Å². The Morgan fingerprint density at radius 2 is 1.38 bits per heavy atom. The third-order valence-corrected chi connectivity index (χ3v) is 9.48. The molecule has 8 fully saturated rings. The summed E-state index contributed by atoms with van der Waals surface area (Å²) in [6.45, 7) is -0.145. The molecule has 0 aromatic heterocycles. The Labute approximate surface area is 173 Å². The van der Waals surface area contributed by atoms with Crippen LogP contribution in [0.4, 0.5) is 0 Å². The summed E-state index contributed by atoms with van der Waals surface area (Å²) < 4.78 is 5.46. The summed E-state index contributed by atoms with van der Waals surface area (Å²) in [4.78, 5) is 25.2. The van der Waals surface area contributed by atoms with E-state index in [2.05, 4.69) is 5.32 Å². The molecule has 4 atom stereocenters. The van der Waals surface area contributed by atoms with Crippen LogP contribution in [0.2, 0.25) is 0 Å². The lowest BCUT2D eigenvalue weighted by Crippen LogP contribution is -2.60. The second-order valence-corrected chi connectivity index (χ2v) is 12.3. The Morgan fingerprint density at radius 1 is 0.828 bits per heavy atom. The van der Waals surface area contributed by atoms with E-state index in [1.54, 1.807) is 0 Å². The monoisotopic (exact) mass is 401 g/mol. The predicted molar refractivity (Wildman–Crippen MR) is 107 cm³/mol. The van der Waals surface area contributed by atoms with Gasteiger partial charge in [-0.1, -0.05) is 0 Å². The topological polar surface area (TPSA) is 75.6 Å². The summed E-state index contributed by atoms with van der Waals surface area (Å²) in [5.41, 5.74) is -0.673. The maximum absolute atomic E-state index is 12.6. The Kier molecular flexibility index (Phi) is 3.99. The fraction of sp³-hybridized carbons (Fsp3) is 0.917. The normalized spacial score (nSPS) is 51.3. The molecular weight excluding hydrogens is 366 g/mol. The maximum Gasteiger partial charge on any atom is 0.306 e. The molecule has 8 saturated carbocycles. The average molecular weight is 402 g/mol. The molecule has 8 rings (SSSR count). The first-order valence-electron chi connectivity index (χ1n) is 12.0. The maximum atomic E-state index is 12.6. The first-order chi connectivity index (χ1) is 13.8. The number of carbonyl (C=O) groups is 2. The van der Waals surface area contributed by atoms with E-state index < -0.39 is 5.60 Å². The zero-order valence-corrected chi connectivity index (χ0v) is 17.5. The fourth-order valence-electron chi connectivity index (χ4n) is 9.71. The van der Waals surface area contributed by atoms with Crippen molar-refractivity contribution in [3.63, 3.8) is 0 Å². The lowest BCUT2D eigenvalue weighted by Gasteiger charge is -2.60. The van der Waals surface area contributed by atoms with Gasteiger partial charge >= 0.3 is 5.97 Å². The molecule has 2 unspecified atom stereocenters. The van der Waals surface area contributed by atoms with Gasteiger partial charge in [0.05, 0.1) is 12.0 Å². The van der Waals surface area contributed by atoms with Gasteiger partial charge in [-0.2, -0.15) is 0 Å². The predicted octanol–water partition coefficient (Wildman–Crippen LogP) is 3.34.